The Kier molecular flexibility index (Phi) is 6.52. The molecule has 1 N–H and O–H groups in total. The van der Waals surface area contributed by atoms with Crippen LogP contribution in [0.4, 0.5) is 0 Å². The highest BCUT2D eigenvalue weighted by atomic mass is 16.6. The van der Waals surface area contributed by atoms with Crippen molar-refractivity contribution in [3.8, 4) is 0 Å². The summed E-state index contributed by atoms with van der Waals surface area (Å²) < 4.78 is 12.0. The van der Waals surface area contributed by atoms with Crippen LogP contribution in [0.5, 0.6) is 0 Å². The van der Waals surface area contributed by atoms with E-state index in [1.54, 1.807) is 24.8 Å². The van der Waals surface area contributed by atoms with Crippen molar-refractivity contribution in [3.05, 3.63) is 12.7 Å². The number of nitrogens with zero attached hydrogens (tertiary/aromatic N) is 2. The van der Waals surface area contributed by atoms with Gasteiger partial charge in [-0.1, -0.05) is 13.0 Å². The van der Waals surface area contributed by atoms with Gasteiger partial charge in [-0.25, -0.2) is 0 Å². The minimum atomic E-state index is -1.12. The summed E-state index contributed by atoms with van der Waals surface area (Å²) in [5, 5.41) is 9.93. The lowest BCUT2D eigenvalue weighted by Gasteiger charge is -2.43. The number of rotatable bonds is 8. The van der Waals surface area contributed by atoms with Crippen LogP contribution in [0.2, 0.25) is 0 Å². The summed E-state index contributed by atoms with van der Waals surface area (Å²) in [6.07, 6.45) is 3.30. The van der Waals surface area contributed by atoms with Gasteiger partial charge in [0.1, 0.15) is 17.6 Å². The molecular formula is C24H38N2O6. The van der Waals surface area contributed by atoms with E-state index in [-0.39, 0.29) is 25.0 Å². The smallest absolute Gasteiger partial charge is 0.312 e. The first-order valence-corrected chi connectivity index (χ1v) is 11.7. The zero-order chi connectivity index (χ0) is 24.1. The van der Waals surface area contributed by atoms with E-state index in [2.05, 4.69) is 6.58 Å². The number of aliphatic hydroxyl groups is 1. The molecule has 8 nitrogen and oxygen atoms in total. The molecule has 0 aliphatic carbocycles. The van der Waals surface area contributed by atoms with E-state index < -0.39 is 46.6 Å². The van der Waals surface area contributed by atoms with Gasteiger partial charge in [0.2, 0.25) is 11.8 Å². The molecule has 0 aromatic rings. The van der Waals surface area contributed by atoms with E-state index in [1.807, 2.05) is 27.7 Å². The lowest BCUT2D eigenvalue weighted by atomic mass is 9.65. The van der Waals surface area contributed by atoms with Crippen molar-refractivity contribution < 1.29 is 29.0 Å². The van der Waals surface area contributed by atoms with Gasteiger partial charge in [0.25, 0.3) is 0 Å². The van der Waals surface area contributed by atoms with Crippen molar-refractivity contribution in [2.45, 2.75) is 89.6 Å². The molecule has 3 saturated heterocycles. The third kappa shape index (κ3) is 3.37. The van der Waals surface area contributed by atoms with Gasteiger partial charge in [0.15, 0.2) is 0 Å². The molecule has 0 saturated carbocycles. The van der Waals surface area contributed by atoms with E-state index in [1.165, 1.54) is 4.90 Å². The molecule has 3 aliphatic heterocycles. The summed E-state index contributed by atoms with van der Waals surface area (Å²) in [6, 6.07) is -1.51. The predicted octanol–water partition coefficient (Wildman–Crippen LogP) is 1.90. The molecule has 0 radical (unpaired) electrons. The Morgan fingerprint density at radius 2 is 2.03 bits per heavy atom. The zero-order valence-corrected chi connectivity index (χ0v) is 20.2. The first-order valence-electron chi connectivity index (χ1n) is 11.7. The van der Waals surface area contributed by atoms with E-state index in [9.17, 15) is 19.5 Å². The van der Waals surface area contributed by atoms with E-state index in [0.29, 0.717) is 25.8 Å². The predicted molar refractivity (Wildman–Crippen MR) is 119 cm³/mol. The molecule has 1 spiro atoms. The monoisotopic (exact) mass is 450 g/mol. The normalized spacial score (nSPS) is 34.4. The van der Waals surface area contributed by atoms with Crippen molar-refractivity contribution in [1.82, 2.24) is 9.80 Å². The second-order valence-electron chi connectivity index (χ2n) is 10.3. The molecule has 3 fully saturated rings. The number of hydrogen-bond donors (Lipinski definition) is 1. The van der Waals surface area contributed by atoms with E-state index in [4.69, 9.17) is 9.47 Å². The molecule has 3 heterocycles. The average molecular weight is 451 g/mol. The topological polar surface area (TPSA) is 96.4 Å². The highest BCUT2D eigenvalue weighted by molar-refractivity contribution is 5.99. The number of fused-ring (bicyclic) bond motifs is 1. The van der Waals surface area contributed by atoms with Crippen molar-refractivity contribution in [3.63, 3.8) is 0 Å². The van der Waals surface area contributed by atoms with Crippen molar-refractivity contribution in [2.24, 2.45) is 11.8 Å². The quantitative estimate of drug-likeness (QED) is 0.448. The van der Waals surface area contributed by atoms with Crippen molar-refractivity contribution in [1.29, 1.82) is 0 Å². The summed E-state index contributed by atoms with van der Waals surface area (Å²) in [4.78, 5) is 44.1. The van der Waals surface area contributed by atoms with Gasteiger partial charge in [-0.3, -0.25) is 14.4 Å². The Bertz CT molecular complexity index is 792. The van der Waals surface area contributed by atoms with Gasteiger partial charge in [-0.2, -0.15) is 0 Å². The molecule has 8 heteroatoms. The Balaban J connectivity index is 2.16. The first kappa shape index (κ1) is 24.7. The van der Waals surface area contributed by atoms with E-state index >= 15 is 0 Å². The minimum Gasteiger partial charge on any atom is -0.466 e. The van der Waals surface area contributed by atoms with Crippen molar-refractivity contribution >= 4 is 17.8 Å². The molecule has 3 rings (SSSR count). The standard InChI is InChI=1S/C24H38N2O6/c1-8-13-25(22(5,6)7)20(29)18-24-12-11-23(9-2,32-24)17(21(30)31-10-3)16(24)19(28)26(18)15(4)14-27/h8,15-18,27H,1,9-14H2,2-7H3/t15-,16+,17-,18?,23+,24?/m1/s1. The van der Waals surface area contributed by atoms with Crippen LogP contribution < -0.4 is 0 Å². The number of likely N-dealkylation sites (tertiary alicyclic amines) is 1. The fourth-order valence-electron chi connectivity index (χ4n) is 6.06. The highest BCUT2D eigenvalue weighted by Crippen LogP contribution is 2.64. The summed E-state index contributed by atoms with van der Waals surface area (Å²) in [6.45, 7) is 15.2. The van der Waals surface area contributed by atoms with Crippen LogP contribution in [0.1, 0.15) is 60.8 Å². The van der Waals surface area contributed by atoms with Crippen LogP contribution in [0.3, 0.4) is 0 Å². The van der Waals surface area contributed by atoms with Crippen LogP contribution >= 0.6 is 0 Å². The highest BCUT2D eigenvalue weighted by Gasteiger charge is 2.79. The van der Waals surface area contributed by atoms with Gasteiger partial charge in [0.05, 0.1) is 30.8 Å². The van der Waals surface area contributed by atoms with Crippen LogP contribution in [-0.4, -0.2) is 81.3 Å². The maximum Gasteiger partial charge on any atom is 0.312 e. The number of carbonyl (C=O) groups is 3. The summed E-state index contributed by atoms with van der Waals surface area (Å²) in [7, 11) is 0. The second-order valence-corrected chi connectivity index (χ2v) is 10.3. The van der Waals surface area contributed by atoms with Crippen molar-refractivity contribution in [2.75, 3.05) is 19.8 Å². The third-order valence-corrected chi connectivity index (χ3v) is 7.52. The number of esters is 1. The third-order valence-electron chi connectivity index (χ3n) is 7.52. The largest absolute Gasteiger partial charge is 0.466 e. The number of carbonyl (C=O) groups excluding carboxylic acids is 3. The van der Waals surface area contributed by atoms with Gasteiger partial charge >= 0.3 is 5.97 Å². The molecule has 3 aliphatic rings. The lowest BCUT2D eigenvalue weighted by Crippen LogP contribution is -2.61. The summed E-state index contributed by atoms with van der Waals surface area (Å²) >= 11 is 0. The maximum atomic E-state index is 14.1. The molecule has 0 aromatic heterocycles. The molecule has 6 atom stereocenters. The maximum absolute atomic E-state index is 14.1. The molecule has 180 valence electrons. The molecule has 32 heavy (non-hydrogen) atoms. The first-order chi connectivity index (χ1) is 15.0. The molecule has 2 unspecified atom stereocenters. The minimum absolute atomic E-state index is 0.208. The van der Waals surface area contributed by atoms with Crippen LogP contribution in [-0.2, 0) is 23.9 Å². The second kappa shape index (κ2) is 8.45. The molecule has 0 aromatic carbocycles. The summed E-state index contributed by atoms with van der Waals surface area (Å²) in [5.41, 5.74) is -2.45. The SMILES string of the molecule is C=CCN(C(=O)C1N([C@H](C)CO)C(=O)[C@@H]2[C@H](C(=O)OCC)[C@]3(CC)CCC12O3)C(C)(C)C. The fraction of sp³-hybridized carbons (Fsp3) is 0.792. The van der Waals surface area contributed by atoms with Crippen LogP contribution in [0.25, 0.3) is 0 Å². The Morgan fingerprint density at radius 3 is 2.53 bits per heavy atom. The van der Waals surface area contributed by atoms with Gasteiger partial charge in [0, 0.05) is 12.1 Å². The Hall–Kier alpha value is -1.93. The van der Waals surface area contributed by atoms with Crippen LogP contribution in [0, 0.1) is 11.8 Å². The summed E-state index contributed by atoms with van der Waals surface area (Å²) in [5.74, 6) is -2.57. The average Bonchev–Trinajstić information content (AvgIpc) is 3.34. The van der Waals surface area contributed by atoms with Gasteiger partial charge in [-0.05, 0) is 53.9 Å². The van der Waals surface area contributed by atoms with Crippen LogP contribution in [0.15, 0.2) is 12.7 Å². The van der Waals surface area contributed by atoms with Gasteiger partial charge in [-0.15, -0.1) is 6.58 Å². The molecular weight excluding hydrogens is 412 g/mol. The zero-order valence-electron chi connectivity index (χ0n) is 20.2. The Labute approximate surface area is 190 Å². The Morgan fingerprint density at radius 1 is 1.38 bits per heavy atom. The van der Waals surface area contributed by atoms with Gasteiger partial charge < -0.3 is 24.4 Å². The molecule has 2 bridgehead atoms. The molecule has 2 amide bonds. The van der Waals surface area contributed by atoms with E-state index in [0.717, 1.165) is 0 Å². The number of amides is 2. The number of aliphatic hydroxyl groups excluding tert-OH is 1. The fourth-order valence-corrected chi connectivity index (χ4v) is 6.06. The lowest BCUT2D eigenvalue weighted by molar-refractivity contribution is -0.164. The number of ether oxygens (including phenoxy) is 2. The number of hydrogen-bond acceptors (Lipinski definition) is 6.